The maximum atomic E-state index is 12.6. The van der Waals surface area contributed by atoms with E-state index in [0.717, 1.165) is 0 Å². The molecule has 0 radical (unpaired) electrons. The van der Waals surface area contributed by atoms with Crippen molar-refractivity contribution >= 4 is 21.7 Å². The summed E-state index contributed by atoms with van der Waals surface area (Å²) in [7, 11) is -3.26. The number of hydrogen-bond acceptors (Lipinski definition) is 6. The number of nitrogens with one attached hydrogen (secondary N) is 2. The van der Waals surface area contributed by atoms with Crippen LogP contribution in [0.3, 0.4) is 0 Å². The van der Waals surface area contributed by atoms with Crippen LogP contribution in [0.5, 0.6) is 0 Å². The molecule has 1 aliphatic rings. The molecule has 1 aromatic carbocycles. The minimum absolute atomic E-state index is 0.0287. The van der Waals surface area contributed by atoms with Gasteiger partial charge in [0.1, 0.15) is 6.04 Å². The zero-order valence-corrected chi connectivity index (χ0v) is 16.7. The number of amides is 2. The molecule has 1 aliphatic heterocycles. The molecule has 2 amide bonds. The van der Waals surface area contributed by atoms with Crippen LogP contribution in [0.15, 0.2) is 24.3 Å². The van der Waals surface area contributed by atoms with Gasteiger partial charge in [-0.25, -0.2) is 13.9 Å². The fourth-order valence-electron chi connectivity index (χ4n) is 3.16. The number of aliphatic hydroxyl groups is 1. The fraction of sp³-hybridized carbons (Fsp3) is 0.400. The topological polar surface area (TPSA) is 133 Å². The van der Waals surface area contributed by atoms with Gasteiger partial charge in [0.2, 0.25) is 0 Å². The normalized spacial score (nSPS) is 16.7. The Labute approximate surface area is 169 Å². The van der Waals surface area contributed by atoms with Crippen molar-refractivity contribution in [2.45, 2.75) is 25.8 Å². The highest BCUT2D eigenvalue weighted by atomic mass is 32.2. The van der Waals surface area contributed by atoms with E-state index in [0.29, 0.717) is 18.4 Å². The number of hydroxylamine groups is 1. The highest BCUT2D eigenvalue weighted by Gasteiger charge is 2.55. The molecular weight excluding hydrogens is 396 g/mol. The Bertz CT molecular complexity index is 981. The maximum Gasteiger partial charge on any atom is 0.266 e. The van der Waals surface area contributed by atoms with Crippen LogP contribution in [-0.2, 0) is 14.6 Å². The first-order valence-electron chi connectivity index (χ1n) is 8.92. The second kappa shape index (κ2) is 9.57. The van der Waals surface area contributed by atoms with Crippen LogP contribution in [0.4, 0.5) is 0 Å². The smallest absolute Gasteiger partial charge is 0.266 e. The molecule has 8 nitrogen and oxygen atoms in total. The van der Waals surface area contributed by atoms with E-state index in [4.69, 9.17) is 10.3 Å². The Kier molecular flexibility index (Phi) is 7.40. The molecule has 1 aromatic rings. The summed E-state index contributed by atoms with van der Waals surface area (Å²) in [5, 5.41) is 20.2. The van der Waals surface area contributed by atoms with Crippen molar-refractivity contribution < 1.29 is 28.3 Å². The number of sulfone groups is 1. The first-order chi connectivity index (χ1) is 13.8. The Morgan fingerprint density at radius 1 is 1.21 bits per heavy atom. The molecule has 9 heteroatoms. The van der Waals surface area contributed by atoms with E-state index in [1.165, 1.54) is 17.6 Å². The summed E-state index contributed by atoms with van der Waals surface area (Å²) in [5.41, 5.74) is 1.43. The van der Waals surface area contributed by atoms with Gasteiger partial charge in [-0.2, -0.15) is 0 Å². The van der Waals surface area contributed by atoms with Crippen molar-refractivity contribution in [3.8, 4) is 23.7 Å². The average molecular weight is 418 g/mol. The molecule has 0 spiro atoms. The molecule has 0 unspecified atom stereocenters. The zero-order chi connectivity index (χ0) is 21.5. The minimum atomic E-state index is -3.26. The number of rotatable bonds is 6. The van der Waals surface area contributed by atoms with E-state index in [1.807, 2.05) is 0 Å². The van der Waals surface area contributed by atoms with E-state index in [-0.39, 0.29) is 23.7 Å². The van der Waals surface area contributed by atoms with Gasteiger partial charge in [-0.3, -0.25) is 14.8 Å². The van der Waals surface area contributed by atoms with Crippen LogP contribution in [0.2, 0.25) is 0 Å². The summed E-state index contributed by atoms with van der Waals surface area (Å²) in [4.78, 5) is 24.7. The van der Waals surface area contributed by atoms with Gasteiger partial charge in [0.05, 0.1) is 18.1 Å². The molecule has 1 heterocycles. The van der Waals surface area contributed by atoms with Crippen molar-refractivity contribution in [2.24, 2.45) is 5.41 Å². The number of benzene rings is 1. The van der Waals surface area contributed by atoms with E-state index in [2.05, 4.69) is 29.0 Å². The number of aliphatic hydroxyl groups excluding tert-OH is 1. The highest BCUT2D eigenvalue weighted by molar-refractivity contribution is 7.92. The Balaban J connectivity index is 2.14. The summed E-state index contributed by atoms with van der Waals surface area (Å²) in [6.45, 7) is 1.70. The zero-order valence-electron chi connectivity index (χ0n) is 15.9. The van der Waals surface area contributed by atoms with Gasteiger partial charge in [0, 0.05) is 23.0 Å². The molecule has 4 N–H and O–H groups in total. The number of hydrogen-bond donors (Lipinski definition) is 4. The molecule has 0 bridgehead atoms. The molecule has 0 saturated carbocycles. The molecule has 1 saturated heterocycles. The van der Waals surface area contributed by atoms with Gasteiger partial charge in [0.25, 0.3) is 11.8 Å². The van der Waals surface area contributed by atoms with Gasteiger partial charge >= 0.3 is 0 Å². The Morgan fingerprint density at radius 2 is 1.86 bits per heavy atom. The molecule has 154 valence electrons. The third kappa shape index (κ3) is 5.58. The van der Waals surface area contributed by atoms with Crippen LogP contribution in [0, 0.1) is 29.1 Å². The second-order valence-electron chi connectivity index (χ2n) is 6.73. The first kappa shape index (κ1) is 22.4. The quantitative estimate of drug-likeness (QED) is 0.289. The lowest BCUT2D eigenvalue weighted by Crippen LogP contribution is -2.65. The van der Waals surface area contributed by atoms with Crippen molar-refractivity contribution in [1.82, 2.24) is 10.8 Å². The van der Waals surface area contributed by atoms with Gasteiger partial charge < -0.3 is 10.4 Å². The molecule has 29 heavy (non-hydrogen) atoms. The molecule has 0 aromatic heterocycles. The lowest BCUT2D eigenvalue weighted by atomic mass is 9.79. The van der Waals surface area contributed by atoms with Gasteiger partial charge in [0.15, 0.2) is 9.84 Å². The highest BCUT2D eigenvalue weighted by Crippen LogP contribution is 2.39. The first-order valence-corrected chi connectivity index (χ1v) is 10.7. The van der Waals surface area contributed by atoms with E-state index in [1.54, 1.807) is 19.1 Å². The Hall–Kier alpha value is -2.85. The van der Waals surface area contributed by atoms with Crippen LogP contribution in [0.25, 0.3) is 0 Å². The minimum Gasteiger partial charge on any atom is -0.395 e. The molecule has 0 aliphatic carbocycles. The predicted molar refractivity (Wildman–Crippen MR) is 105 cm³/mol. The van der Waals surface area contributed by atoms with Gasteiger partial charge in [-0.05, 0) is 42.5 Å². The molecule has 2 rings (SSSR count). The summed E-state index contributed by atoms with van der Waals surface area (Å²) in [6.07, 6.45) is 0.688. The van der Waals surface area contributed by atoms with Crippen molar-refractivity contribution in [3.63, 3.8) is 0 Å². The van der Waals surface area contributed by atoms with Crippen molar-refractivity contribution in [2.75, 3.05) is 18.1 Å². The summed E-state index contributed by atoms with van der Waals surface area (Å²) < 4.78 is 23.3. The van der Waals surface area contributed by atoms with Gasteiger partial charge in [-0.1, -0.05) is 18.8 Å². The standard InChI is InChI=1S/C20H22N2O6S/c1-2-20(13-29(27,28)14-20)17(19(25)22-26)21-18(24)16-10-8-15(9-11-16)7-5-3-4-6-12-23/h8-11,17,23,26H,2,6,12-14H2,1H3,(H,21,24)(H,22,25)/t17-/m1/s1. The van der Waals surface area contributed by atoms with Crippen LogP contribution in [-0.4, -0.2) is 54.7 Å². The second-order valence-corrected chi connectivity index (χ2v) is 8.80. The van der Waals surface area contributed by atoms with Crippen LogP contribution >= 0.6 is 0 Å². The van der Waals surface area contributed by atoms with Crippen molar-refractivity contribution in [3.05, 3.63) is 35.4 Å². The van der Waals surface area contributed by atoms with Crippen LogP contribution < -0.4 is 10.8 Å². The predicted octanol–water partition coefficient (Wildman–Crippen LogP) is -0.147. The van der Waals surface area contributed by atoms with Gasteiger partial charge in [-0.15, -0.1) is 0 Å². The molecular formula is C20H22N2O6S. The van der Waals surface area contributed by atoms with E-state index >= 15 is 0 Å². The summed E-state index contributed by atoms with van der Waals surface area (Å²) in [6, 6.07) is 5.07. The maximum absolute atomic E-state index is 12.6. The van der Waals surface area contributed by atoms with Crippen molar-refractivity contribution in [1.29, 1.82) is 0 Å². The largest absolute Gasteiger partial charge is 0.395 e. The number of carbonyl (C=O) groups excluding carboxylic acids is 2. The summed E-state index contributed by atoms with van der Waals surface area (Å²) >= 11 is 0. The van der Waals surface area contributed by atoms with E-state index < -0.39 is 33.1 Å². The number of carbonyl (C=O) groups is 2. The molecule has 1 atom stereocenters. The fourth-order valence-corrected chi connectivity index (χ4v) is 5.56. The van der Waals surface area contributed by atoms with E-state index in [9.17, 15) is 18.0 Å². The Morgan fingerprint density at radius 3 is 2.38 bits per heavy atom. The molecule has 1 fully saturated rings. The van der Waals surface area contributed by atoms with Crippen LogP contribution in [0.1, 0.15) is 35.7 Å². The summed E-state index contributed by atoms with van der Waals surface area (Å²) in [5.74, 6) is 8.79. The third-order valence-electron chi connectivity index (χ3n) is 4.72. The lowest BCUT2D eigenvalue weighted by Gasteiger charge is -2.45. The average Bonchev–Trinajstić information content (AvgIpc) is 2.69. The third-order valence-corrected chi connectivity index (χ3v) is 6.75. The SMILES string of the molecule is CCC1([C@H](NC(=O)c2ccc(C#CC#CCCO)cc2)C(=O)NO)CS(=O)(=O)C1. The monoisotopic (exact) mass is 418 g/mol. The lowest BCUT2D eigenvalue weighted by molar-refractivity contribution is -0.134.